The van der Waals surface area contributed by atoms with Crippen molar-refractivity contribution in [2.24, 2.45) is 5.92 Å². The number of carbonyl (C=O) groups excluding carboxylic acids is 1. The first kappa shape index (κ1) is 8.43. The minimum absolute atomic E-state index is 0.388. The van der Waals surface area contributed by atoms with Crippen LogP contribution in [0.25, 0.3) is 0 Å². The van der Waals surface area contributed by atoms with Crippen LogP contribution in [0.4, 0.5) is 4.79 Å². The molecule has 0 aromatic carbocycles. The highest BCUT2D eigenvalue weighted by molar-refractivity contribution is 7.96. The van der Waals surface area contributed by atoms with Gasteiger partial charge in [-0.05, 0) is 12.0 Å². The summed E-state index contributed by atoms with van der Waals surface area (Å²) in [4.78, 5) is 9.97. The van der Waals surface area contributed by atoms with Crippen LogP contribution >= 0.6 is 12.6 Å². The van der Waals surface area contributed by atoms with Crippen molar-refractivity contribution >= 4 is 17.9 Å². The van der Waals surface area contributed by atoms with E-state index in [2.05, 4.69) is 17.4 Å². The molecule has 0 atom stereocenters. The molecule has 0 bridgehead atoms. The summed E-state index contributed by atoms with van der Waals surface area (Å²) < 4.78 is 4.35. The van der Waals surface area contributed by atoms with Gasteiger partial charge in [0.15, 0.2) is 0 Å². The average Bonchev–Trinajstić information content (AvgIpc) is 1.63. The minimum atomic E-state index is -0.688. The predicted molar refractivity (Wildman–Crippen MR) is 38.1 cm³/mol. The maximum Gasteiger partial charge on any atom is 0.404 e. The maximum absolute atomic E-state index is 9.97. The Morgan fingerprint density at radius 1 is 1.67 bits per heavy atom. The number of rotatable bonds is 2. The van der Waals surface area contributed by atoms with Gasteiger partial charge in [-0.3, -0.25) is 0 Å². The first-order valence-electron chi connectivity index (χ1n) is 2.67. The van der Waals surface area contributed by atoms with Gasteiger partial charge >= 0.3 is 5.30 Å². The zero-order chi connectivity index (χ0) is 7.28. The molecule has 0 aromatic rings. The summed E-state index contributed by atoms with van der Waals surface area (Å²) in [6, 6.07) is 0. The molecule has 0 rings (SSSR count). The molecule has 0 spiro atoms. The third-order valence-corrected chi connectivity index (χ3v) is 0.724. The van der Waals surface area contributed by atoms with Crippen LogP contribution in [0.2, 0.25) is 0 Å². The van der Waals surface area contributed by atoms with E-state index in [1.807, 2.05) is 13.8 Å². The highest BCUT2D eigenvalue weighted by Gasteiger charge is 1.88. The van der Waals surface area contributed by atoms with Crippen molar-refractivity contribution in [3.05, 3.63) is 12.3 Å². The molecule has 0 aliphatic carbocycles. The van der Waals surface area contributed by atoms with Gasteiger partial charge in [-0.1, -0.05) is 13.8 Å². The Morgan fingerprint density at radius 2 is 2.22 bits per heavy atom. The van der Waals surface area contributed by atoms with E-state index in [-0.39, 0.29) is 0 Å². The van der Waals surface area contributed by atoms with Crippen molar-refractivity contribution in [2.75, 3.05) is 0 Å². The normalized spacial score (nSPS) is 10.6. The summed E-state index contributed by atoms with van der Waals surface area (Å²) in [5, 5.41) is -0.688. The second-order valence-corrected chi connectivity index (χ2v) is 2.27. The van der Waals surface area contributed by atoms with Crippen LogP contribution in [0.15, 0.2) is 12.3 Å². The van der Waals surface area contributed by atoms with Gasteiger partial charge in [0.2, 0.25) is 0 Å². The molecule has 9 heavy (non-hydrogen) atoms. The topological polar surface area (TPSA) is 26.3 Å². The molecule has 0 amide bonds. The second-order valence-electron chi connectivity index (χ2n) is 1.94. The largest absolute Gasteiger partial charge is 0.423 e. The van der Waals surface area contributed by atoms with Crippen molar-refractivity contribution < 1.29 is 9.53 Å². The van der Waals surface area contributed by atoms with Crippen molar-refractivity contribution in [3.63, 3.8) is 0 Å². The Morgan fingerprint density at radius 3 is 2.56 bits per heavy atom. The van der Waals surface area contributed by atoms with Gasteiger partial charge < -0.3 is 4.74 Å². The van der Waals surface area contributed by atoms with Crippen LogP contribution < -0.4 is 0 Å². The SMILES string of the molecule is CC(C)C=COC(=O)[S]. The van der Waals surface area contributed by atoms with E-state index in [0.717, 1.165) is 0 Å². The zero-order valence-electron chi connectivity index (χ0n) is 5.46. The molecule has 0 aliphatic heterocycles. The van der Waals surface area contributed by atoms with E-state index in [9.17, 15) is 4.79 Å². The van der Waals surface area contributed by atoms with E-state index in [4.69, 9.17) is 0 Å². The third kappa shape index (κ3) is 7.43. The summed E-state index contributed by atoms with van der Waals surface area (Å²) in [5.41, 5.74) is 0. The van der Waals surface area contributed by atoms with Crippen LogP contribution in [0, 0.1) is 5.92 Å². The Balaban J connectivity index is 3.36. The standard InChI is InChI=1S/C6H9O2S/c1-5(2)3-4-8-6(7)9/h3-5H,1-2H3. The molecule has 0 unspecified atom stereocenters. The first-order valence-corrected chi connectivity index (χ1v) is 3.08. The molecule has 0 fully saturated rings. The summed E-state index contributed by atoms with van der Waals surface area (Å²) in [5.74, 6) is 0.388. The fourth-order valence-electron chi connectivity index (χ4n) is 0.252. The lowest BCUT2D eigenvalue weighted by atomic mass is 10.2. The zero-order valence-corrected chi connectivity index (χ0v) is 6.27. The highest BCUT2D eigenvalue weighted by Crippen LogP contribution is 1.94. The number of ether oxygens (including phenoxy) is 1. The molecule has 0 saturated carbocycles. The smallest absolute Gasteiger partial charge is 0.404 e. The Kier molecular flexibility index (Phi) is 4.05. The lowest BCUT2D eigenvalue weighted by molar-refractivity contribution is 0.214. The van der Waals surface area contributed by atoms with Gasteiger partial charge in [-0.15, -0.1) is 0 Å². The minimum Gasteiger partial charge on any atom is -0.423 e. The molecular weight excluding hydrogens is 136 g/mol. The quantitative estimate of drug-likeness (QED) is 0.440. The van der Waals surface area contributed by atoms with Gasteiger partial charge in [0.25, 0.3) is 0 Å². The number of hydrogen-bond acceptors (Lipinski definition) is 2. The van der Waals surface area contributed by atoms with Gasteiger partial charge in [-0.2, -0.15) is 0 Å². The fourth-order valence-corrected chi connectivity index (χ4v) is 0.308. The number of hydrogen-bond donors (Lipinski definition) is 0. The molecular formula is C6H9O2S. The number of carbonyl (C=O) groups is 1. The summed E-state index contributed by atoms with van der Waals surface area (Å²) >= 11 is 4.12. The van der Waals surface area contributed by atoms with Gasteiger partial charge in [-0.25, -0.2) is 4.79 Å². The van der Waals surface area contributed by atoms with Gasteiger partial charge in [0.05, 0.1) is 6.26 Å². The van der Waals surface area contributed by atoms with E-state index >= 15 is 0 Å². The van der Waals surface area contributed by atoms with Crippen molar-refractivity contribution in [3.8, 4) is 0 Å². The van der Waals surface area contributed by atoms with Crippen LogP contribution in [-0.4, -0.2) is 5.30 Å². The number of allylic oxidation sites excluding steroid dienone is 1. The van der Waals surface area contributed by atoms with E-state index in [1.165, 1.54) is 6.26 Å². The lowest BCUT2D eigenvalue weighted by Gasteiger charge is -1.91. The second kappa shape index (κ2) is 4.32. The third-order valence-electron chi connectivity index (χ3n) is 0.628. The summed E-state index contributed by atoms with van der Waals surface area (Å²) in [6.45, 7) is 3.96. The van der Waals surface area contributed by atoms with Crippen molar-refractivity contribution in [1.82, 2.24) is 0 Å². The highest BCUT2D eigenvalue weighted by atomic mass is 32.1. The van der Waals surface area contributed by atoms with Gasteiger partial charge in [0, 0.05) is 12.6 Å². The molecule has 2 nitrogen and oxygen atoms in total. The van der Waals surface area contributed by atoms with Crippen LogP contribution in [0.3, 0.4) is 0 Å². The van der Waals surface area contributed by atoms with Crippen LogP contribution in [0.5, 0.6) is 0 Å². The molecule has 0 aliphatic rings. The molecule has 1 radical (unpaired) electrons. The molecule has 0 N–H and O–H groups in total. The summed E-state index contributed by atoms with van der Waals surface area (Å²) in [7, 11) is 0. The Labute approximate surface area is 60.3 Å². The van der Waals surface area contributed by atoms with Crippen molar-refractivity contribution in [2.45, 2.75) is 13.8 Å². The monoisotopic (exact) mass is 145 g/mol. The van der Waals surface area contributed by atoms with Crippen LogP contribution in [-0.2, 0) is 4.74 Å². The average molecular weight is 145 g/mol. The molecule has 0 saturated heterocycles. The molecule has 0 aromatic heterocycles. The van der Waals surface area contributed by atoms with E-state index in [0.29, 0.717) is 5.92 Å². The predicted octanol–water partition coefficient (Wildman–Crippen LogP) is 2.49. The summed E-state index contributed by atoms with van der Waals surface area (Å²) in [6.07, 6.45) is 3.07. The Hall–Kier alpha value is -0.570. The first-order chi connectivity index (χ1) is 4.13. The molecule has 51 valence electrons. The van der Waals surface area contributed by atoms with Crippen molar-refractivity contribution in [1.29, 1.82) is 0 Å². The van der Waals surface area contributed by atoms with Crippen LogP contribution in [0.1, 0.15) is 13.8 Å². The molecule has 3 heteroatoms. The van der Waals surface area contributed by atoms with E-state index in [1.54, 1.807) is 6.08 Å². The Bertz CT molecular complexity index is 118. The fraction of sp³-hybridized carbons (Fsp3) is 0.500. The lowest BCUT2D eigenvalue weighted by Crippen LogP contribution is -1.84. The van der Waals surface area contributed by atoms with Gasteiger partial charge in [0.1, 0.15) is 0 Å². The maximum atomic E-state index is 9.97. The molecule has 0 heterocycles. The van der Waals surface area contributed by atoms with E-state index < -0.39 is 5.30 Å².